The van der Waals surface area contributed by atoms with Crippen LogP contribution in [0.4, 0.5) is 16.2 Å². The van der Waals surface area contributed by atoms with Gasteiger partial charge in [-0.2, -0.15) is 0 Å². The normalized spacial score (nSPS) is 13.8. The number of imide groups is 1. The van der Waals surface area contributed by atoms with Crippen LogP contribution >= 0.6 is 11.8 Å². The average molecular weight is 574 g/mol. The van der Waals surface area contributed by atoms with Crippen LogP contribution in [0.2, 0.25) is 0 Å². The van der Waals surface area contributed by atoms with Crippen molar-refractivity contribution < 1.29 is 28.7 Å². The van der Waals surface area contributed by atoms with Crippen molar-refractivity contribution in [2.75, 3.05) is 30.9 Å². The van der Waals surface area contributed by atoms with Crippen molar-refractivity contribution in [3.05, 3.63) is 88.3 Å². The summed E-state index contributed by atoms with van der Waals surface area (Å²) in [6, 6.07) is 19.9. The van der Waals surface area contributed by atoms with Crippen molar-refractivity contribution in [1.29, 1.82) is 0 Å². The Hall–Kier alpha value is -4.57. The lowest BCUT2D eigenvalue weighted by atomic mass is 10.1. The van der Waals surface area contributed by atoms with Gasteiger partial charge in [0.15, 0.2) is 18.1 Å². The van der Waals surface area contributed by atoms with Crippen LogP contribution in [0.5, 0.6) is 11.5 Å². The molecule has 4 amide bonds. The van der Waals surface area contributed by atoms with E-state index in [9.17, 15) is 19.2 Å². The van der Waals surface area contributed by atoms with Crippen LogP contribution in [0.1, 0.15) is 30.5 Å². The molecule has 41 heavy (non-hydrogen) atoms. The number of methoxy groups -OCH3 is 1. The van der Waals surface area contributed by atoms with Crippen LogP contribution in [0.3, 0.4) is 0 Å². The molecule has 0 aliphatic carbocycles. The van der Waals surface area contributed by atoms with Crippen LogP contribution < -0.4 is 20.1 Å². The topological polar surface area (TPSA) is 114 Å². The predicted molar refractivity (Wildman–Crippen MR) is 160 cm³/mol. The molecule has 0 aromatic heterocycles. The fraction of sp³-hybridized carbons (Fsp3) is 0.226. The molecule has 1 heterocycles. The molecule has 1 fully saturated rings. The fourth-order valence-corrected chi connectivity index (χ4v) is 4.85. The van der Waals surface area contributed by atoms with Crippen LogP contribution in [0.25, 0.3) is 6.08 Å². The number of nitrogens with zero attached hydrogens (tertiary/aromatic N) is 1. The molecule has 2 N–H and O–H groups in total. The minimum absolute atomic E-state index is 0.180. The highest BCUT2D eigenvalue weighted by molar-refractivity contribution is 8.18. The summed E-state index contributed by atoms with van der Waals surface area (Å²) in [5, 5.41) is 4.97. The van der Waals surface area contributed by atoms with E-state index in [0.717, 1.165) is 35.1 Å². The van der Waals surface area contributed by atoms with Gasteiger partial charge in [-0.25, -0.2) is 0 Å². The Bertz CT molecular complexity index is 1470. The number of carbonyl (C=O) groups excluding carboxylic acids is 4. The smallest absolute Gasteiger partial charge is 0.294 e. The first-order valence-electron chi connectivity index (χ1n) is 13.1. The van der Waals surface area contributed by atoms with Gasteiger partial charge in [0.1, 0.15) is 6.54 Å². The van der Waals surface area contributed by atoms with Gasteiger partial charge in [0, 0.05) is 11.4 Å². The zero-order valence-electron chi connectivity index (χ0n) is 23.1. The van der Waals surface area contributed by atoms with Crippen molar-refractivity contribution in [3.63, 3.8) is 0 Å². The Morgan fingerprint density at radius 1 is 0.829 bits per heavy atom. The summed E-state index contributed by atoms with van der Waals surface area (Å²) in [5.74, 6) is -0.650. The molecule has 0 bridgehead atoms. The summed E-state index contributed by atoms with van der Waals surface area (Å²) < 4.78 is 11.1. The first-order valence-corrected chi connectivity index (χ1v) is 13.9. The molecule has 10 heteroatoms. The van der Waals surface area contributed by atoms with Gasteiger partial charge in [-0.1, -0.05) is 44.2 Å². The number of aryl methyl sites for hydroxylation is 2. The van der Waals surface area contributed by atoms with Crippen LogP contribution in [-0.4, -0.2) is 48.1 Å². The van der Waals surface area contributed by atoms with E-state index < -0.39 is 23.6 Å². The molecule has 0 saturated carbocycles. The highest BCUT2D eigenvalue weighted by Gasteiger charge is 2.36. The lowest BCUT2D eigenvalue weighted by Gasteiger charge is -2.13. The second kappa shape index (κ2) is 13.7. The van der Waals surface area contributed by atoms with Gasteiger partial charge in [-0.15, -0.1) is 0 Å². The number of nitrogens with one attached hydrogen (secondary N) is 2. The third-order valence-corrected chi connectivity index (χ3v) is 7.22. The first kappa shape index (κ1) is 29.4. The Labute approximate surface area is 242 Å². The third-order valence-electron chi connectivity index (χ3n) is 6.31. The molecule has 0 radical (unpaired) electrons. The first-order chi connectivity index (χ1) is 19.8. The summed E-state index contributed by atoms with van der Waals surface area (Å²) >= 11 is 0.758. The van der Waals surface area contributed by atoms with Gasteiger partial charge < -0.3 is 20.1 Å². The van der Waals surface area contributed by atoms with E-state index in [1.807, 2.05) is 43.3 Å². The van der Waals surface area contributed by atoms with Crippen LogP contribution in [-0.2, 0) is 27.2 Å². The van der Waals surface area contributed by atoms with Gasteiger partial charge in [0.25, 0.3) is 17.1 Å². The molecule has 1 aliphatic heterocycles. The third kappa shape index (κ3) is 7.76. The van der Waals surface area contributed by atoms with Gasteiger partial charge >= 0.3 is 0 Å². The molecule has 3 aromatic rings. The highest BCUT2D eigenvalue weighted by atomic mass is 32.2. The van der Waals surface area contributed by atoms with Gasteiger partial charge in [0.2, 0.25) is 5.91 Å². The van der Waals surface area contributed by atoms with E-state index in [1.54, 1.807) is 36.4 Å². The van der Waals surface area contributed by atoms with Crippen molar-refractivity contribution in [1.82, 2.24) is 4.90 Å². The summed E-state index contributed by atoms with van der Waals surface area (Å²) in [6.45, 7) is 3.48. The van der Waals surface area contributed by atoms with Crippen LogP contribution in [0.15, 0.2) is 71.6 Å². The molecule has 3 aromatic carbocycles. The van der Waals surface area contributed by atoms with Crippen LogP contribution in [0, 0.1) is 0 Å². The number of benzene rings is 3. The largest absolute Gasteiger partial charge is 0.493 e. The monoisotopic (exact) mass is 573 g/mol. The molecular formula is C31H31N3O6S. The molecule has 1 saturated heterocycles. The Morgan fingerprint density at radius 3 is 1.98 bits per heavy atom. The Kier molecular flexibility index (Phi) is 9.81. The van der Waals surface area contributed by atoms with E-state index in [2.05, 4.69) is 17.6 Å². The van der Waals surface area contributed by atoms with E-state index in [-0.39, 0.29) is 17.4 Å². The van der Waals surface area contributed by atoms with E-state index in [4.69, 9.17) is 9.47 Å². The number of amides is 4. The lowest BCUT2D eigenvalue weighted by Crippen LogP contribution is -2.36. The summed E-state index contributed by atoms with van der Waals surface area (Å²) in [7, 11) is 1.46. The predicted octanol–water partition coefficient (Wildman–Crippen LogP) is 5.51. The maximum atomic E-state index is 12.9. The summed E-state index contributed by atoms with van der Waals surface area (Å²) in [4.78, 5) is 51.4. The lowest BCUT2D eigenvalue weighted by molar-refractivity contribution is -0.127. The maximum Gasteiger partial charge on any atom is 0.294 e. The van der Waals surface area contributed by atoms with Crippen molar-refractivity contribution in [3.8, 4) is 11.5 Å². The second-order valence-corrected chi connectivity index (χ2v) is 10.2. The highest BCUT2D eigenvalue weighted by Crippen LogP contribution is 2.34. The summed E-state index contributed by atoms with van der Waals surface area (Å²) in [5.41, 5.74) is 4.16. The molecule has 4 rings (SSSR count). The minimum atomic E-state index is -0.556. The number of ether oxygens (including phenoxy) is 2. The summed E-state index contributed by atoms with van der Waals surface area (Å²) in [6.07, 6.45) is 3.34. The second-order valence-electron chi connectivity index (χ2n) is 9.16. The number of hydrogen-bond donors (Lipinski definition) is 2. The van der Waals surface area contributed by atoms with Gasteiger partial charge in [-0.05, 0) is 83.8 Å². The quantitative estimate of drug-likeness (QED) is 0.291. The number of carbonyl (C=O) groups is 4. The van der Waals surface area contributed by atoms with Gasteiger partial charge in [-0.3, -0.25) is 24.1 Å². The standard InChI is InChI=1S/C31H31N3O6S/c1-4-20-6-11-23(12-7-20)32-28(35)18-34-30(37)27(41-31(34)38)17-22-10-15-25(26(16-22)39-3)40-19-29(36)33-24-13-8-21(5-2)9-14-24/h6-17H,4-5,18-19H2,1-3H3,(H,32,35)(H,33,36)/b27-17-. The Morgan fingerprint density at radius 2 is 1.41 bits per heavy atom. The molecule has 0 atom stereocenters. The minimum Gasteiger partial charge on any atom is -0.493 e. The van der Waals surface area contributed by atoms with E-state index >= 15 is 0 Å². The van der Waals surface area contributed by atoms with Crippen molar-refractivity contribution in [2.24, 2.45) is 0 Å². The molecule has 0 unspecified atom stereocenters. The number of hydrogen-bond acceptors (Lipinski definition) is 7. The van der Waals surface area contributed by atoms with Crippen molar-refractivity contribution in [2.45, 2.75) is 26.7 Å². The molecule has 9 nitrogen and oxygen atoms in total. The molecule has 212 valence electrons. The molecule has 0 spiro atoms. The zero-order valence-corrected chi connectivity index (χ0v) is 23.9. The SMILES string of the molecule is CCc1ccc(NC(=O)COc2ccc(/C=C3\SC(=O)N(CC(=O)Nc4ccc(CC)cc4)C3=O)cc2OC)cc1. The average Bonchev–Trinajstić information content (AvgIpc) is 3.24. The molecular weight excluding hydrogens is 542 g/mol. The maximum absolute atomic E-state index is 12.9. The number of anilines is 2. The van der Waals surface area contributed by atoms with Crippen molar-refractivity contribution >= 4 is 52.2 Å². The Balaban J connectivity index is 1.35. The zero-order chi connectivity index (χ0) is 29.4. The van der Waals surface area contributed by atoms with E-state index in [1.165, 1.54) is 12.7 Å². The number of thioether (sulfide) groups is 1. The van der Waals surface area contributed by atoms with E-state index in [0.29, 0.717) is 28.4 Å². The fourth-order valence-electron chi connectivity index (χ4n) is 4.01. The number of rotatable bonds is 11. The molecule has 1 aliphatic rings. The van der Waals surface area contributed by atoms with Gasteiger partial charge in [0.05, 0.1) is 12.0 Å².